The van der Waals surface area contributed by atoms with Crippen LogP contribution in [0.1, 0.15) is 348 Å². The first-order valence-corrected chi connectivity index (χ1v) is 31.2. The van der Waals surface area contributed by atoms with Crippen molar-refractivity contribution < 1.29 is 20.1 Å². The van der Waals surface area contributed by atoms with E-state index in [0.717, 1.165) is 38.5 Å². The van der Waals surface area contributed by atoms with Crippen molar-refractivity contribution in [3.05, 3.63) is 24.3 Å². The second kappa shape index (κ2) is 58.4. The summed E-state index contributed by atoms with van der Waals surface area (Å²) in [4.78, 5) is 12.6. The van der Waals surface area contributed by atoms with Gasteiger partial charge in [0, 0.05) is 0 Å². The number of allylic oxidation sites excluding steroid dienone is 3. The number of amides is 1. The summed E-state index contributed by atoms with van der Waals surface area (Å²) in [6, 6.07) is -0.813. The second-order valence-corrected chi connectivity index (χ2v) is 21.6. The van der Waals surface area contributed by atoms with Crippen molar-refractivity contribution in [3.63, 3.8) is 0 Å². The van der Waals surface area contributed by atoms with Gasteiger partial charge in [0.1, 0.15) is 6.10 Å². The fraction of sp³-hybridized carbons (Fsp3) is 0.921. The van der Waals surface area contributed by atoms with E-state index in [1.807, 2.05) is 6.08 Å². The van der Waals surface area contributed by atoms with E-state index in [2.05, 4.69) is 31.3 Å². The van der Waals surface area contributed by atoms with Crippen LogP contribution in [0.3, 0.4) is 0 Å². The van der Waals surface area contributed by atoms with E-state index in [9.17, 15) is 20.1 Å². The number of aliphatic hydroxyl groups excluding tert-OH is 3. The molecule has 0 fully saturated rings. The highest BCUT2D eigenvalue weighted by Gasteiger charge is 2.22. The zero-order valence-corrected chi connectivity index (χ0v) is 46.3. The molecule has 1 amide bonds. The number of hydrogen-bond donors (Lipinski definition) is 4. The first-order valence-electron chi connectivity index (χ1n) is 31.2. The maximum Gasteiger partial charge on any atom is 0.249 e. The first kappa shape index (κ1) is 66.8. The Morgan fingerprint density at radius 2 is 0.603 bits per heavy atom. The highest BCUT2D eigenvalue weighted by atomic mass is 16.3. The number of hydrogen-bond acceptors (Lipinski definition) is 4. The third-order valence-electron chi connectivity index (χ3n) is 14.8. The third kappa shape index (κ3) is 52.6. The predicted molar refractivity (Wildman–Crippen MR) is 301 cm³/mol. The van der Waals surface area contributed by atoms with E-state index < -0.39 is 24.2 Å². The Morgan fingerprint density at radius 1 is 0.353 bits per heavy atom. The fourth-order valence-corrected chi connectivity index (χ4v) is 9.97. The normalized spacial score (nSPS) is 13.3. The molecule has 0 aliphatic carbocycles. The van der Waals surface area contributed by atoms with Gasteiger partial charge in [0.25, 0.3) is 0 Å². The molecular formula is C63H123NO4. The quantitative estimate of drug-likeness (QED) is 0.0361. The van der Waals surface area contributed by atoms with E-state index >= 15 is 0 Å². The predicted octanol–water partition coefficient (Wildman–Crippen LogP) is 19.6. The van der Waals surface area contributed by atoms with Gasteiger partial charge in [-0.25, -0.2) is 0 Å². The second-order valence-electron chi connectivity index (χ2n) is 21.6. The SMILES string of the molecule is CCCCCCCCCCCCCCCCCCCC/C=C/CC/C=C/C(O)C(CO)NC(=O)C(O)CCCCCCCCCCCCCCCCCCCCCCCCCCCCCCCC. The lowest BCUT2D eigenvalue weighted by Gasteiger charge is -2.21. The zero-order chi connectivity index (χ0) is 49.3. The lowest BCUT2D eigenvalue weighted by atomic mass is 10.0. The van der Waals surface area contributed by atoms with E-state index in [4.69, 9.17) is 0 Å². The molecule has 0 aromatic carbocycles. The average molecular weight is 959 g/mol. The van der Waals surface area contributed by atoms with Crippen LogP contribution in [0.5, 0.6) is 0 Å². The van der Waals surface area contributed by atoms with Crippen LogP contribution in [-0.4, -0.2) is 46.1 Å². The molecule has 0 aromatic rings. The Kier molecular flexibility index (Phi) is 57.4. The summed E-state index contributed by atoms with van der Waals surface area (Å²) in [6.07, 6.45) is 75.8. The Balaban J connectivity index is 3.53. The molecule has 0 saturated heterocycles. The molecule has 0 heterocycles. The molecule has 68 heavy (non-hydrogen) atoms. The van der Waals surface area contributed by atoms with Crippen molar-refractivity contribution in [3.8, 4) is 0 Å². The standard InChI is InChI=1S/C63H123NO4/c1-3-5-7-9-11-13-15-17-19-21-23-25-27-29-30-31-32-33-34-36-38-40-42-44-46-48-50-52-54-56-58-62(67)63(68)64-60(59-65)61(66)57-55-53-51-49-47-45-43-41-39-37-35-28-26-24-22-20-18-16-14-12-10-8-6-4-2/h47,49,55,57,60-62,65-67H,3-46,48,50-54,56,58-59H2,1-2H3,(H,64,68)/b49-47+,57-55+. The average Bonchev–Trinajstić information content (AvgIpc) is 3.34. The molecule has 5 heteroatoms. The first-order chi connectivity index (χ1) is 33.6. The summed E-state index contributed by atoms with van der Waals surface area (Å²) in [7, 11) is 0. The molecule has 0 rings (SSSR count). The van der Waals surface area contributed by atoms with Gasteiger partial charge in [-0.1, -0.05) is 340 Å². The van der Waals surface area contributed by atoms with Gasteiger partial charge in [-0.3, -0.25) is 4.79 Å². The van der Waals surface area contributed by atoms with Crippen molar-refractivity contribution in [2.75, 3.05) is 6.61 Å². The van der Waals surface area contributed by atoms with Crippen molar-refractivity contribution in [1.82, 2.24) is 5.32 Å². The maximum atomic E-state index is 12.6. The number of aliphatic hydroxyl groups is 3. The van der Waals surface area contributed by atoms with Gasteiger partial charge in [-0.2, -0.15) is 0 Å². The van der Waals surface area contributed by atoms with Crippen LogP contribution in [0.15, 0.2) is 24.3 Å². The van der Waals surface area contributed by atoms with Gasteiger partial charge in [0.05, 0.1) is 18.8 Å². The minimum absolute atomic E-state index is 0.372. The number of nitrogens with one attached hydrogen (secondary N) is 1. The number of carbonyl (C=O) groups is 1. The van der Waals surface area contributed by atoms with Crippen LogP contribution >= 0.6 is 0 Å². The van der Waals surface area contributed by atoms with Crippen LogP contribution < -0.4 is 5.32 Å². The lowest BCUT2D eigenvalue weighted by Crippen LogP contribution is -2.48. The molecule has 0 spiro atoms. The van der Waals surface area contributed by atoms with Gasteiger partial charge >= 0.3 is 0 Å². The Bertz CT molecular complexity index is 1010. The molecule has 3 unspecified atom stereocenters. The van der Waals surface area contributed by atoms with Crippen LogP contribution in [0, 0.1) is 0 Å². The monoisotopic (exact) mass is 958 g/mol. The van der Waals surface area contributed by atoms with Gasteiger partial charge in [-0.15, -0.1) is 0 Å². The summed E-state index contributed by atoms with van der Waals surface area (Å²) in [5.41, 5.74) is 0. The smallest absolute Gasteiger partial charge is 0.249 e. The fourth-order valence-electron chi connectivity index (χ4n) is 9.97. The van der Waals surface area contributed by atoms with Crippen molar-refractivity contribution in [2.45, 2.75) is 366 Å². The maximum absolute atomic E-state index is 12.6. The Morgan fingerprint density at radius 3 is 0.897 bits per heavy atom. The summed E-state index contributed by atoms with van der Waals surface area (Å²) >= 11 is 0. The molecule has 0 aromatic heterocycles. The largest absolute Gasteiger partial charge is 0.394 e. The zero-order valence-electron chi connectivity index (χ0n) is 46.3. The minimum Gasteiger partial charge on any atom is -0.394 e. The number of unbranched alkanes of at least 4 members (excludes halogenated alkanes) is 48. The summed E-state index contributed by atoms with van der Waals surface area (Å²) < 4.78 is 0. The van der Waals surface area contributed by atoms with Gasteiger partial charge in [0.15, 0.2) is 0 Å². The molecule has 404 valence electrons. The summed E-state index contributed by atoms with van der Waals surface area (Å²) in [5, 5.41) is 33.4. The van der Waals surface area contributed by atoms with Crippen LogP contribution in [0.2, 0.25) is 0 Å². The Labute approximate surface area is 426 Å². The lowest BCUT2D eigenvalue weighted by molar-refractivity contribution is -0.131. The minimum atomic E-state index is -1.10. The molecule has 0 radical (unpaired) electrons. The molecule has 0 aliphatic heterocycles. The van der Waals surface area contributed by atoms with Gasteiger partial charge < -0.3 is 20.6 Å². The summed E-state index contributed by atoms with van der Waals surface area (Å²) in [6.45, 7) is 4.22. The van der Waals surface area contributed by atoms with Crippen molar-refractivity contribution in [1.29, 1.82) is 0 Å². The van der Waals surface area contributed by atoms with E-state index in [0.29, 0.717) is 6.42 Å². The van der Waals surface area contributed by atoms with E-state index in [1.165, 1.54) is 289 Å². The molecule has 0 aliphatic rings. The molecule has 4 N–H and O–H groups in total. The van der Waals surface area contributed by atoms with Crippen LogP contribution in [0.4, 0.5) is 0 Å². The molecule has 3 atom stereocenters. The van der Waals surface area contributed by atoms with E-state index in [1.54, 1.807) is 6.08 Å². The molecule has 0 saturated carbocycles. The highest BCUT2D eigenvalue weighted by Crippen LogP contribution is 2.18. The molecule has 0 bridgehead atoms. The topological polar surface area (TPSA) is 89.8 Å². The third-order valence-corrected chi connectivity index (χ3v) is 14.8. The number of carbonyl (C=O) groups excluding carboxylic acids is 1. The van der Waals surface area contributed by atoms with Crippen molar-refractivity contribution >= 4 is 5.91 Å². The highest BCUT2D eigenvalue weighted by molar-refractivity contribution is 5.80. The van der Waals surface area contributed by atoms with Gasteiger partial charge in [-0.05, 0) is 32.1 Å². The summed E-state index contributed by atoms with van der Waals surface area (Å²) in [5.74, 6) is -0.505. The Hall–Kier alpha value is -1.17. The molecular weight excluding hydrogens is 835 g/mol. The van der Waals surface area contributed by atoms with Gasteiger partial charge in [0.2, 0.25) is 5.91 Å². The van der Waals surface area contributed by atoms with Crippen LogP contribution in [-0.2, 0) is 4.79 Å². The molecule has 5 nitrogen and oxygen atoms in total. The number of rotatable bonds is 58. The van der Waals surface area contributed by atoms with Crippen molar-refractivity contribution in [2.24, 2.45) is 0 Å². The van der Waals surface area contributed by atoms with Crippen LogP contribution in [0.25, 0.3) is 0 Å². The van der Waals surface area contributed by atoms with E-state index in [-0.39, 0.29) is 6.61 Å².